The van der Waals surface area contributed by atoms with Gasteiger partial charge < -0.3 is 9.67 Å². The van der Waals surface area contributed by atoms with Crippen LogP contribution in [0.15, 0.2) is 49.1 Å². The summed E-state index contributed by atoms with van der Waals surface area (Å²) in [6.45, 7) is 0.731. The Morgan fingerprint density at radius 3 is 3.06 bits per heavy atom. The molecule has 2 heterocycles. The summed E-state index contributed by atoms with van der Waals surface area (Å²) >= 11 is 0. The average Bonchev–Trinajstić information content (AvgIpc) is 2.75. The molecule has 0 saturated carbocycles. The number of aliphatic carboxylic acids is 1. The van der Waals surface area contributed by atoms with Crippen LogP contribution in [0.1, 0.15) is 11.1 Å². The predicted molar refractivity (Wildman–Crippen MR) is 64.4 cm³/mol. The van der Waals surface area contributed by atoms with Crippen molar-refractivity contribution in [2.24, 2.45) is 0 Å². The van der Waals surface area contributed by atoms with Crippen LogP contribution in [0.25, 0.3) is 6.08 Å². The fourth-order valence-electron chi connectivity index (χ4n) is 1.53. The first-order valence-corrected chi connectivity index (χ1v) is 5.20. The van der Waals surface area contributed by atoms with Crippen LogP contribution in [0.3, 0.4) is 0 Å². The van der Waals surface area contributed by atoms with Gasteiger partial charge in [0, 0.05) is 37.4 Å². The molecule has 0 bridgehead atoms. The molecule has 0 aromatic carbocycles. The van der Waals surface area contributed by atoms with Gasteiger partial charge in [-0.1, -0.05) is 6.07 Å². The Labute approximate surface area is 98.9 Å². The van der Waals surface area contributed by atoms with Gasteiger partial charge in [0.1, 0.15) is 0 Å². The highest BCUT2D eigenvalue weighted by atomic mass is 16.4. The van der Waals surface area contributed by atoms with E-state index in [1.807, 2.05) is 41.4 Å². The summed E-state index contributed by atoms with van der Waals surface area (Å²) in [5, 5.41) is 8.51. The molecule has 0 saturated heterocycles. The van der Waals surface area contributed by atoms with Crippen molar-refractivity contribution in [2.45, 2.75) is 6.54 Å². The second kappa shape index (κ2) is 5.12. The summed E-state index contributed by atoms with van der Waals surface area (Å²) in [5.41, 5.74) is 1.98. The summed E-state index contributed by atoms with van der Waals surface area (Å²) in [5.74, 6) is -0.940. The van der Waals surface area contributed by atoms with Gasteiger partial charge in [0.05, 0.1) is 0 Å². The second-order valence-electron chi connectivity index (χ2n) is 3.65. The maximum Gasteiger partial charge on any atom is 0.328 e. The second-order valence-corrected chi connectivity index (χ2v) is 3.65. The molecule has 4 nitrogen and oxygen atoms in total. The number of rotatable bonds is 4. The first-order valence-electron chi connectivity index (χ1n) is 5.20. The van der Waals surface area contributed by atoms with E-state index >= 15 is 0 Å². The summed E-state index contributed by atoms with van der Waals surface area (Å²) in [6.07, 6.45) is 10.1. The van der Waals surface area contributed by atoms with Crippen LogP contribution >= 0.6 is 0 Å². The number of carboxylic acid groups (broad SMARTS) is 1. The molecule has 0 amide bonds. The Hall–Kier alpha value is -2.36. The SMILES string of the molecule is O=C(O)/C=C/c1ccn(Cc2cccnc2)c1. The van der Waals surface area contributed by atoms with Crippen molar-refractivity contribution in [1.29, 1.82) is 0 Å². The Morgan fingerprint density at radius 2 is 2.35 bits per heavy atom. The molecule has 2 rings (SSSR count). The number of hydrogen-bond acceptors (Lipinski definition) is 2. The molecule has 1 N–H and O–H groups in total. The molecular formula is C13H12N2O2. The van der Waals surface area contributed by atoms with Crippen molar-refractivity contribution < 1.29 is 9.90 Å². The van der Waals surface area contributed by atoms with Crippen LogP contribution in [-0.2, 0) is 11.3 Å². The first kappa shape index (κ1) is 11.1. The van der Waals surface area contributed by atoms with Crippen molar-refractivity contribution in [1.82, 2.24) is 9.55 Å². The topological polar surface area (TPSA) is 55.1 Å². The third-order valence-electron chi connectivity index (χ3n) is 2.28. The molecule has 0 radical (unpaired) electrons. The standard InChI is InChI=1S/C13H12N2O2/c16-13(17)4-3-11-5-7-15(9-11)10-12-2-1-6-14-8-12/h1-9H,10H2,(H,16,17)/b4-3+. The third-order valence-corrected chi connectivity index (χ3v) is 2.28. The average molecular weight is 228 g/mol. The lowest BCUT2D eigenvalue weighted by Gasteiger charge is -2.01. The maximum atomic E-state index is 10.4. The summed E-state index contributed by atoms with van der Waals surface area (Å²) in [6, 6.07) is 5.76. The van der Waals surface area contributed by atoms with E-state index in [1.165, 1.54) is 0 Å². The van der Waals surface area contributed by atoms with E-state index < -0.39 is 5.97 Å². The summed E-state index contributed by atoms with van der Waals surface area (Å²) in [7, 11) is 0. The van der Waals surface area contributed by atoms with E-state index in [0.29, 0.717) is 0 Å². The third kappa shape index (κ3) is 3.31. The smallest absolute Gasteiger partial charge is 0.328 e. The molecule has 2 aromatic heterocycles. The first-order chi connectivity index (χ1) is 8.24. The van der Waals surface area contributed by atoms with Gasteiger partial charge in [-0.2, -0.15) is 0 Å². The molecule has 0 aliphatic rings. The van der Waals surface area contributed by atoms with Crippen molar-refractivity contribution in [3.63, 3.8) is 0 Å². The predicted octanol–water partition coefficient (Wildman–Crippen LogP) is 2.03. The van der Waals surface area contributed by atoms with Gasteiger partial charge in [0.25, 0.3) is 0 Å². The molecule has 0 unspecified atom stereocenters. The van der Waals surface area contributed by atoms with E-state index in [-0.39, 0.29) is 0 Å². The number of carboxylic acids is 1. The Kier molecular flexibility index (Phi) is 3.35. The lowest BCUT2D eigenvalue weighted by Crippen LogP contribution is -1.96. The minimum Gasteiger partial charge on any atom is -0.478 e. The van der Waals surface area contributed by atoms with Crippen LogP contribution in [0.5, 0.6) is 0 Å². The van der Waals surface area contributed by atoms with Gasteiger partial charge >= 0.3 is 5.97 Å². The molecule has 0 fully saturated rings. The quantitative estimate of drug-likeness (QED) is 0.814. The fourth-order valence-corrected chi connectivity index (χ4v) is 1.53. The largest absolute Gasteiger partial charge is 0.478 e. The summed E-state index contributed by atoms with van der Waals surface area (Å²) in [4.78, 5) is 14.4. The number of aromatic nitrogens is 2. The lowest BCUT2D eigenvalue weighted by molar-refractivity contribution is -0.131. The molecule has 2 aromatic rings. The zero-order valence-corrected chi connectivity index (χ0v) is 9.15. The Balaban J connectivity index is 2.06. The van der Waals surface area contributed by atoms with E-state index in [1.54, 1.807) is 12.3 Å². The molecule has 0 spiro atoms. The number of carbonyl (C=O) groups is 1. The molecule has 86 valence electrons. The molecule has 0 atom stereocenters. The number of nitrogens with zero attached hydrogens (tertiary/aromatic N) is 2. The number of pyridine rings is 1. The van der Waals surface area contributed by atoms with Crippen molar-refractivity contribution in [3.05, 3.63) is 60.2 Å². The van der Waals surface area contributed by atoms with Crippen LogP contribution in [0.4, 0.5) is 0 Å². The minimum atomic E-state index is -0.940. The van der Waals surface area contributed by atoms with Crippen LogP contribution in [0, 0.1) is 0 Å². The van der Waals surface area contributed by atoms with E-state index in [2.05, 4.69) is 4.98 Å². The van der Waals surface area contributed by atoms with Gasteiger partial charge in [0.15, 0.2) is 0 Å². The van der Waals surface area contributed by atoms with Crippen molar-refractivity contribution in [2.75, 3.05) is 0 Å². The van der Waals surface area contributed by atoms with Crippen molar-refractivity contribution in [3.8, 4) is 0 Å². The van der Waals surface area contributed by atoms with Gasteiger partial charge in [-0.05, 0) is 29.3 Å². The van der Waals surface area contributed by atoms with Gasteiger partial charge in [-0.25, -0.2) is 4.79 Å². The Morgan fingerprint density at radius 1 is 1.47 bits per heavy atom. The van der Waals surface area contributed by atoms with Gasteiger partial charge in [0.2, 0.25) is 0 Å². The zero-order chi connectivity index (χ0) is 12.1. The molecule has 17 heavy (non-hydrogen) atoms. The molecule has 4 heteroatoms. The molecular weight excluding hydrogens is 216 g/mol. The highest BCUT2D eigenvalue weighted by Gasteiger charge is 1.96. The van der Waals surface area contributed by atoms with E-state index in [4.69, 9.17) is 5.11 Å². The zero-order valence-electron chi connectivity index (χ0n) is 9.15. The highest BCUT2D eigenvalue weighted by Crippen LogP contribution is 2.06. The van der Waals surface area contributed by atoms with Crippen molar-refractivity contribution >= 4 is 12.0 Å². The van der Waals surface area contributed by atoms with Gasteiger partial charge in [-0.15, -0.1) is 0 Å². The van der Waals surface area contributed by atoms with E-state index in [0.717, 1.165) is 23.7 Å². The maximum absolute atomic E-state index is 10.4. The normalized spacial score (nSPS) is 10.8. The molecule has 0 aliphatic carbocycles. The minimum absolute atomic E-state index is 0.731. The van der Waals surface area contributed by atoms with E-state index in [9.17, 15) is 4.79 Å². The van der Waals surface area contributed by atoms with Crippen LogP contribution in [-0.4, -0.2) is 20.6 Å². The van der Waals surface area contributed by atoms with Gasteiger partial charge in [-0.3, -0.25) is 4.98 Å². The molecule has 0 aliphatic heterocycles. The Bertz CT molecular complexity index is 529. The monoisotopic (exact) mass is 228 g/mol. The summed E-state index contributed by atoms with van der Waals surface area (Å²) < 4.78 is 1.98. The fraction of sp³-hybridized carbons (Fsp3) is 0.0769. The number of hydrogen-bond donors (Lipinski definition) is 1. The highest BCUT2D eigenvalue weighted by molar-refractivity contribution is 5.85. The van der Waals surface area contributed by atoms with Crippen LogP contribution in [0.2, 0.25) is 0 Å². The lowest BCUT2D eigenvalue weighted by atomic mass is 10.3. The van der Waals surface area contributed by atoms with Crippen LogP contribution < -0.4 is 0 Å².